The fourth-order valence-electron chi connectivity index (χ4n) is 6.25. The number of hydrogen-bond donors (Lipinski definition) is 3. The van der Waals surface area contributed by atoms with E-state index in [-0.39, 0.29) is 47.7 Å². The monoisotopic (exact) mass is 776 g/mol. The van der Waals surface area contributed by atoms with E-state index in [2.05, 4.69) is 27.0 Å². The molecular weight excluding hydrogens is 728 g/mol. The van der Waals surface area contributed by atoms with Gasteiger partial charge in [0.25, 0.3) is 0 Å². The number of benzene rings is 2. The molecular formula is C37H48F3N6O7P. The molecule has 1 fully saturated rings. The van der Waals surface area contributed by atoms with E-state index in [1.807, 2.05) is 0 Å². The highest BCUT2D eigenvalue weighted by atomic mass is 31.2. The van der Waals surface area contributed by atoms with Crippen LogP contribution in [0.2, 0.25) is 0 Å². The van der Waals surface area contributed by atoms with Crippen LogP contribution in [-0.4, -0.2) is 61.6 Å². The van der Waals surface area contributed by atoms with Crippen LogP contribution in [-0.2, 0) is 29.8 Å². The van der Waals surface area contributed by atoms with Crippen molar-refractivity contribution < 1.29 is 46.2 Å². The molecule has 2 aromatic heterocycles. The smallest absolute Gasteiger partial charge is 0.459 e. The van der Waals surface area contributed by atoms with Gasteiger partial charge < -0.3 is 24.8 Å². The number of para-hydroxylation sites is 1. The van der Waals surface area contributed by atoms with Crippen LogP contribution in [0.5, 0.6) is 5.75 Å². The standard InChI is InChI=1S/C37H48F3N6O7P/c1-3-4-5-6-7-8-9-10-14-17-50-35(48)29(20-25-18-26(38)21-27(39)19-25)45-54(49,53-28-15-12-11-13-16-28)51-23-37(2)30(47)22-31(52-37)46-24-42-32-33(41)43-36(40)44-34(32)46/h11-13,15-16,18-19,21,24,29-31,47H,3-10,14,17,20,22-23H2,1-2H3,(H,45,49)(H2,41,43,44)/t29-,30-,31+,37+,54-/m0/s1. The predicted molar refractivity (Wildman–Crippen MR) is 195 cm³/mol. The molecule has 5 atom stereocenters. The number of carbonyl (C=O) groups is 1. The highest BCUT2D eigenvalue weighted by Crippen LogP contribution is 2.48. The lowest BCUT2D eigenvalue weighted by Crippen LogP contribution is -2.43. The van der Waals surface area contributed by atoms with Crippen LogP contribution in [0.4, 0.5) is 19.0 Å². The molecule has 0 saturated carbocycles. The SMILES string of the molecule is CCCCCCCCCCCOC(=O)[C@H](Cc1cc(F)cc(F)c1)N[P@](=O)(OC[C@@]1(C)O[C@@H](n2cnc3c(N)nc(F)nc32)C[C@@H]1O)Oc1ccccc1. The largest absolute Gasteiger partial charge is 0.465 e. The molecule has 3 heterocycles. The summed E-state index contributed by atoms with van der Waals surface area (Å²) in [5.41, 5.74) is 4.55. The number of anilines is 1. The Morgan fingerprint density at radius 2 is 1.72 bits per heavy atom. The van der Waals surface area contributed by atoms with Crippen molar-refractivity contribution in [2.45, 2.75) is 108 Å². The van der Waals surface area contributed by atoms with Gasteiger partial charge in [0.05, 0.1) is 25.6 Å². The molecule has 1 aliphatic rings. The minimum atomic E-state index is -4.57. The topological polar surface area (TPSA) is 173 Å². The third-order valence-electron chi connectivity index (χ3n) is 9.21. The first-order chi connectivity index (χ1) is 25.9. The van der Waals surface area contributed by atoms with Crippen molar-refractivity contribution in [3.63, 3.8) is 0 Å². The number of nitrogens with one attached hydrogen (secondary N) is 1. The summed E-state index contributed by atoms with van der Waals surface area (Å²) >= 11 is 0. The lowest BCUT2D eigenvalue weighted by molar-refractivity contribution is -0.146. The van der Waals surface area contributed by atoms with E-state index in [4.69, 9.17) is 24.3 Å². The maximum Gasteiger partial charge on any atom is 0.459 e. The van der Waals surface area contributed by atoms with Gasteiger partial charge in [-0.2, -0.15) is 19.4 Å². The molecule has 2 aromatic carbocycles. The van der Waals surface area contributed by atoms with Crippen LogP contribution in [0, 0.1) is 17.7 Å². The zero-order valence-corrected chi connectivity index (χ0v) is 31.4. The minimum Gasteiger partial charge on any atom is -0.465 e. The molecule has 17 heteroatoms. The van der Waals surface area contributed by atoms with E-state index < -0.39 is 62.0 Å². The Labute approximate surface area is 312 Å². The number of aliphatic hydroxyl groups excluding tert-OH is 1. The van der Waals surface area contributed by atoms with Crippen molar-refractivity contribution in [2.75, 3.05) is 18.9 Å². The Morgan fingerprint density at radius 3 is 2.41 bits per heavy atom. The number of aromatic nitrogens is 4. The van der Waals surface area contributed by atoms with Crippen LogP contribution >= 0.6 is 7.75 Å². The van der Waals surface area contributed by atoms with E-state index in [1.165, 1.54) is 55.6 Å². The van der Waals surface area contributed by atoms with Crippen molar-refractivity contribution in [3.8, 4) is 5.75 Å². The fourth-order valence-corrected chi connectivity index (χ4v) is 7.83. The lowest BCUT2D eigenvalue weighted by atomic mass is 10.0. The molecule has 0 radical (unpaired) electrons. The Morgan fingerprint density at radius 1 is 1.06 bits per heavy atom. The number of esters is 1. The molecule has 54 heavy (non-hydrogen) atoms. The van der Waals surface area contributed by atoms with E-state index >= 15 is 0 Å². The highest BCUT2D eigenvalue weighted by Gasteiger charge is 2.48. The van der Waals surface area contributed by atoms with Crippen LogP contribution in [0.15, 0.2) is 54.9 Å². The summed E-state index contributed by atoms with van der Waals surface area (Å²) in [7, 11) is -4.57. The van der Waals surface area contributed by atoms with Gasteiger partial charge >= 0.3 is 19.8 Å². The number of nitrogens with two attached hydrogens (primary N) is 1. The molecule has 13 nitrogen and oxygen atoms in total. The van der Waals surface area contributed by atoms with E-state index in [1.54, 1.807) is 18.2 Å². The van der Waals surface area contributed by atoms with Gasteiger partial charge in [0.2, 0.25) is 0 Å². The number of rotatable bonds is 21. The number of unbranched alkanes of at least 4 members (excludes halogenated alkanes) is 8. The molecule has 0 aliphatic carbocycles. The van der Waals surface area contributed by atoms with Crippen LogP contribution in [0.25, 0.3) is 11.2 Å². The second-order valence-corrected chi connectivity index (χ2v) is 15.4. The van der Waals surface area contributed by atoms with Gasteiger partial charge in [-0.3, -0.25) is 13.9 Å². The van der Waals surface area contributed by atoms with Gasteiger partial charge in [-0.25, -0.2) is 18.3 Å². The molecule has 1 aliphatic heterocycles. The maximum absolute atomic E-state index is 14.6. The third-order valence-corrected chi connectivity index (χ3v) is 10.8. The number of imidazole rings is 1. The lowest BCUT2D eigenvalue weighted by Gasteiger charge is -2.31. The van der Waals surface area contributed by atoms with Crippen molar-refractivity contribution in [1.82, 2.24) is 24.6 Å². The third kappa shape index (κ3) is 11.2. The van der Waals surface area contributed by atoms with Crippen LogP contribution < -0.4 is 15.3 Å². The zero-order valence-electron chi connectivity index (χ0n) is 30.5. The van der Waals surface area contributed by atoms with Gasteiger partial charge in [0.1, 0.15) is 35.3 Å². The molecule has 0 amide bonds. The van der Waals surface area contributed by atoms with E-state index in [0.29, 0.717) is 12.5 Å². The Hall–Kier alpha value is -4.08. The average molecular weight is 777 g/mol. The number of nitrogens with zero attached hydrogens (tertiary/aromatic N) is 4. The molecule has 0 spiro atoms. The number of ether oxygens (including phenoxy) is 2. The predicted octanol–water partition coefficient (Wildman–Crippen LogP) is 7.34. The summed E-state index contributed by atoms with van der Waals surface area (Å²) < 4.78 is 82.0. The van der Waals surface area contributed by atoms with Gasteiger partial charge in [-0.1, -0.05) is 76.5 Å². The maximum atomic E-state index is 14.6. The Bertz CT molecular complexity index is 1870. The summed E-state index contributed by atoms with van der Waals surface area (Å²) in [5.74, 6) is -2.60. The number of halogens is 3. The quantitative estimate of drug-likeness (QED) is 0.0333. The van der Waals surface area contributed by atoms with Gasteiger partial charge in [-0.05, 0) is 49.6 Å². The normalized spacial score (nSPS) is 20.2. The van der Waals surface area contributed by atoms with Crippen molar-refractivity contribution in [2.24, 2.45) is 0 Å². The summed E-state index contributed by atoms with van der Waals surface area (Å²) in [6.45, 7) is 3.24. The van der Waals surface area contributed by atoms with Crippen LogP contribution in [0.3, 0.4) is 0 Å². The molecule has 1 saturated heterocycles. The van der Waals surface area contributed by atoms with Crippen molar-refractivity contribution in [3.05, 3.63) is 78.1 Å². The molecule has 0 unspecified atom stereocenters. The molecule has 5 rings (SSSR count). The summed E-state index contributed by atoms with van der Waals surface area (Å²) in [6.07, 6.45) is 7.30. The number of nitrogen functional groups attached to an aromatic ring is 1. The number of hydrogen-bond acceptors (Lipinski definition) is 11. The Kier molecular flexibility index (Phi) is 14.4. The number of aliphatic hydroxyl groups is 1. The summed E-state index contributed by atoms with van der Waals surface area (Å²) in [6, 6.07) is 9.41. The number of carbonyl (C=O) groups excluding carboxylic acids is 1. The second kappa shape index (κ2) is 19.0. The van der Waals surface area contributed by atoms with Crippen molar-refractivity contribution >= 4 is 30.7 Å². The van der Waals surface area contributed by atoms with Crippen molar-refractivity contribution in [1.29, 1.82) is 0 Å². The molecule has 4 N–H and O–H groups in total. The molecule has 0 bridgehead atoms. The van der Waals surface area contributed by atoms with Crippen LogP contribution in [0.1, 0.15) is 89.8 Å². The van der Waals surface area contributed by atoms with E-state index in [9.17, 15) is 27.6 Å². The van der Waals surface area contributed by atoms with Gasteiger partial charge in [-0.15, -0.1) is 0 Å². The van der Waals surface area contributed by atoms with E-state index in [0.717, 1.165) is 37.8 Å². The second-order valence-electron chi connectivity index (χ2n) is 13.7. The number of fused-ring (bicyclic) bond motifs is 1. The average Bonchev–Trinajstić information content (AvgIpc) is 3.68. The minimum absolute atomic E-state index is 0.0208. The molecule has 294 valence electrons. The zero-order chi connectivity index (χ0) is 38.7. The molecule has 4 aromatic rings. The fraction of sp³-hybridized carbons (Fsp3) is 0.514. The first kappa shape index (κ1) is 41.1. The van der Waals surface area contributed by atoms with Gasteiger partial charge in [0.15, 0.2) is 17.0 Å². The Balaban J connectivity index is 1.31. The highest BCUT2D eigenvalue weighted by molar-refractivity contribution is 7.52. The van der Waals surface area contributed by atoms with Gasteiger partial charge in [0, 0.05) is 12.5 Å². The summed E-state index contributed by atoms with van der Waals surface area (Å²) in [4.78, 5) is 25.0. The summed E-state index contributed by atoms with van der Waals surface area (Å²) in [5, 5.41) is 13.8. The first-order valence-corrected chi connectivity index (χ1v) is 19.8. The first-order valence-electron chi connectivity index (χ1n) is 18.3.